The van der Waals surface area contributed by atoms with E-state index in [0.29, 0.717) is 19.0 Å². The van der Waals surface area contributed by atoms with E-state index in [9.17, 15) is 18.5 Å². The quantitative estimate of drug-likeness (QED) is 0.705. The number of carbonyl (C=O) groups excluding carboxylic acids is 1. The molecule has 0 aromatic rings. The Balaban J connectivity index is 1.65. The lowest BCUT2D eigenvalue weighted by atomic mass is 9.84. The maximum absolute atomic E-state index is 12.8. The number of hydrogen-bond donors (Lipinski definition) is 1. The Hall–Kier alpha value is -1.41. The first kappa shape index (κ1) is 22.3. The number of amides is 1. The van der Waals surface area contributed by atoms with Crippen molar-refractivity contribution in [1.29, 1.82) is 5.26 Å². The van der Waals surface area contributed by atoms with E-state index < -0.39 is 21.3 Å². The van der Waals surface area contributed by atoms with Crippen LogP contribution in [0.15, 0.2) is 0 Å². The highest BCUT2D eigenvalue weighted by Crippen LogP contribution is 2.40. The lowest BCUT2D eigenvalue weighted by Gasteiger charge is -2.55. The number of nitrogens with two attached hydrogens (primary N) is 1. The zero-order chi connectivity index (χ0) is 21.6. The third kappa shape index (κ3) is 4.85. The van der Waals surface area contributed by atoms with Crippen LogP contribution in [0, 0.1) is 17.2 Å². The van der Waals surface area contributed by atoms with Crippen LogP contribution in [0.4, 0.5) is 4.79 Å². The van der Waals surface area contributed by atoms with E-state index in [2.05, 4.69) is 17.9 Å². The van der Waals surface area contributed by atoms with E-state index in [0.717, 1.165) is 19.3 Å². The molecular formula is C19H33N5O4S. The molecule has 29 heavy (non-hydrogen) atoms. The minimum Gasteiger partial charge on any atom is -0.444 e. The molecule has 2 N–H and O–H groups in total. The largest absolute Gasteiger partial charge is 0.444 e. The third-order valence-corrected chi connectivity index (χ3v) is 7.24. The Labute approximate surface area is 173 Å². The fourth-order valence-electron chi connectivity index (χ4n) is 4.54. The highest BCUT2D eigenvalue weighted by molar-refractivity contribution is 7.86. The Morgan fingerprint density at radius 2 is 1.86 bits per heavy atom. The molecule has 9 nitrogen and oxygen atoms in total. The van der Waals surface area contributed by atoms with Gasteiger partial charge in [0.2, 0.25) is 0 Å². The molecule has 0 radical (unpaired) electrons. The van der Waals surface area contributed by atoms with Crippen molar-refractivity contribution in [3.8, 4) is 6.07 Å². The lowest BCUT2D eigenvalue weighted by molar-refractivity contribution is -0.0414. The number of nitrogens with zero attached hydrogens (tertiary/aromatic N) is 4. The van der Waals surface area contributed by atoms with Crippen LogP contribution in [0.5, 0.6) is 0 Å². The molecule has 1 amide bonds. The van der Waals surface area contributed by atoms with E-state index in [1.165, 1.54) is 4.31 Å². The second-order valence-corrected chi connectivity index (χ2v) is 11.3. The number of nitriles is 1. The second kappa shape index (κ2) is 7.69. The van der Waals surface area contributed by atoms with Crippen molar-refractivity contribution >= 4 is 16.3 Å². The van der Waals surface area contributed by atoms with Gasteiger partial charge >= 0.3 is 6.09 Å². The molecule has 3 fully saturated rings. The lowest BCUT2D eigenvalue weighted by Crippen LogP contribution is -2.73. The van der Waals surface area contributed by atoms with E-state index in [1.807, 2.05) is 25.7 Å². The molecule has 1 saturated carbocycles. The highest BCUT2D eigenvalue weighted by atomic mass is 32.2. The van der Waals surface area contributed by atoms with Gasteiger partial charge in [0, 0.05) is 38.3 Å². The Morgan fingerprint density at radius 1 is 1.31 bits per heavy atom. The predicted octanol–water partition coefficient (Wildman–Crippen LogP) is 1.27. The summed E-state index contributed by atoms with van der Waals surface area (Å²) in [5.74, 6) is 0.487. The van der Waals surface area contributed by atoms with Gasteiger partial charge in [0.15, 0.2) is 0 Å². The summed E-state index contributed by atoms with van der Waals surface area (Å²) in [5.41, 5.74) is -1.01. The van der Waals surface area contributed by atoms with Crippen LogP contribution >= 0.6 is 0 Å². The summed E-state index contributed by atoms with van der Waals surface area (Å²) < 4.78 is 30.0. The Kier molecular flexibility index (Phi) is 5.91. The average Bonchev–Trinajstić information content (AvgIpc) is 3.25. The van der Waals surface area contributed by atoms with Gasteiger partial charge in [-0.05, 0) is 46.0 Å². The first-order valence-corrected chi connectivity index (χ1v) is 11.8. The highest BCUT2D eigenvalue weighted by Gasteiger charge is 2.53. The van der Waals surface area contributed by atoms with Gasteiger partial charge in [0.05, 0.1) is 18.0 Å². The molecule has 10 heteroatoms. The summed E-state index contributed by atoms with van der Waals surface area (Å²) in [6.45, 7) is 9.70. The fourth-order valence-corrected chi connectivity index (χ4v) is 5.38. The van der Waals surface area contributed by atoms with Crippen LogP contribution in [0.1, 0.15) is 53.4 Å². The average molecular weight is 428 g/mol. The molecule has 3 rings (SSSR count). The number of piperidine rings is 1. The van der Waals surface area contributed by atoms with Gasteiger partial charge in [-0.1, -0.05) is 6.92 Å². The molecule has 2 atom stereocenters. The van der Waals surface area contributed by atoms with Crippen molar-refractivity contribution < 1.29 is 17.9 Å². The normalized spacial score (nSPS) is 28.3. The van der Waals surface area contributed by atoms with Crippen LogP contribution in [0.25, 0.3) is 0 Å². The van der Waals surface area contributed by atoms with E-state index >= 15 is 0 Å². The summed E-state index contributed by atoms with van der Waals surface area (Å²) in [6, 6.07) is 2.54. The zero-order valence-electron chi connectivity index (χ0n) is 17.8. The molecule has 164 valence electrons. The summed E-state index contributed by atoms with van der Waals surface area (Å²) in [7, 11) is -3.73. The molecule has 2 heterocycles. The van der Waals surface area contributed by atoms with E-state index in [-0.39, 0.29) is 37.7 Å². The van der Waals surface area contributed by atoms with Gasteiger partial charge in [-0.15, -0.1) is 0 Å². The van der Waals surface area contributed by atoms with E-state index in [4.69, 9.17) is 9.88 Å². The fraction of sp³-hybridized carbons (Fsp3) is 0.895. The van der Waals surface area contributed by atoms with Gasteiger partial charge < -0.3 is 9.64 Å². The van der Waals surface area contributed by atoms with Crippen molar-refractivity contribution in [2.45, 2.75) is 76.6 Å². The minimum atomic E-state index is -3.73. The second-order valence-electron chi connectivity index (χ2n) is 9.76. The monoisotopic (exact) mass is 427 g/mol. The first-order valence-electron chi connectivity index (χ1n) is 10.3. The van der Waals surface area contributed by atoms with Crippen molar-refractivity contribution in [2.24, 2.45) is 11.1 Å². The summed E-state index contributed by atoms with van der Waals surface area (Å²) in [6.07, 6.45) is 2.58. The number of rotatable bonds is 5. The van der Waals surface area contributed by atoms with Gasteiger partial charge in [0.25, 0.3) is 10.2 Å². The van der Waals surface area contributed by atoms with Crippen LogP contribution < -0.4 is 5.14 Å². The van der Waals surface area contributed by atoms with Crippen LogP contribution in [0.2, 0.25) is 0 Å². The molecule has 2 aliphatic heterocycles. The van der Waals surface area contributed by atoms with Gasteiger partial charge in [0.1, 0.15) is 5.60 Å². The van der Waals surface area contributed by atoms with Crippen LogP contribution in [0.3, 0.4) is 0 Å². The Morgan fingerprint density at radius 3 is 2.28 bits per heavy atom. The first-order chi connectivity index (χ1) is 13.4. The SMILES string of the molecule is C[C@@H]1CC1N(C(=O)OC(C)(C)C)C1CCN(C2(CC#N)CN(S(N)(=O)=O)C2)CC1. The molecule has 2 saturated heterocycles. The smallest absolute Gasteiger partial charge is 0.410 e. The third-order valence-electron chi connectivity index (χ3n) is 6.27. The molecule has 1 unspecified atom stereocenters. The predicted molar refractivity (Wildman–Crippen MR) is 108 cm³/mol. The maximum atomic E-state index is 12.8. The summed E-state index contributed by atoms with van der Waals surface area (Å²) >= 11 is 0. The van der Waals surface area contributed by atoms with Crippen molar-refractivity contribution in [3.05, 3.63) is 0 Å². The maximum Gasteiger partial charge on any atom is 0.410 e. The van der Waals surface area contributed by atoms with E-state index in [1.54, 1.807) is 0 Å². The molecule has 1 aliphatic carbocycles. The molecule has 0 aromatic carbocycles. The minimum absolute atomic E-state index is 0.101. The number of likely N-dealkylation sites (tertiary alicyclic amines) is 1. The van der Waals surface area contributed by atoms with Gasteiger partial charge in [-0.2, -0.15) is 18.0 Å². The van der Waals surface area contributed by atoms with Crippen LogP contribution in [-0.4, -0.2) is 78.0 Å². The van der Waals surface area contributed by atoms with Crippen molar-refractivity contribution in [1.82, 2.24) is 14.1 Å². The molecular weight excluding hydrogens is 394 g/mol. The van der Waals surface area contributed by atoms with Gasteiger partial charge in [-0.25, -0.2) is 9.93 Å². The summed E-state index contributed by atoms with van der Waals surface area (Å²) in [5, 5.41) is 14.5. The summed E-state index contributed by atoms with van der Waals surface area (Å²) in [4.78, 5) is 17.0. The van der Waals surface area contributed by atoms with Crippen molar-refractivity contribution in [3.63, 3.8) is 0 Å². The number of hydrogen-bond acceptors (Lipinski definition) is 6. The molecule has 3 aliphatic rings. The number of carbonyl (C=O) groups is 1. The van der Waals surface area contributed by atoms with Crippen molar-refractivity contribution in [2.75, 3.05) is 26.2 Å². The van der Waals surface area contributed by atoms with Crippen LogP contribution in [-0.2, 0) is 14.9 Å². The molecule has 0 aromatic heterocycles. The Bertz CT molecular complexity index is 773. The number of ether oxygens (including phenoxy) is 1. The topological polar surface area (TPSA) is 120 Å². The molecule has 0 bridgehead atoms. The zero-order valence-corrected chi connectivity index (χ0v) is 18.6. The standard InChI is InChI=1S/C19H33N5O4S/c1-14-11-16(14)24(17(25)28-18(2,3)4)15-5-9-22(10-6-15)19(7-8-20)12-23(13-19)29(21,26)27/h14-16H,5-7,9-13H2,1-4H3,(H2,21,26,27)/t14-,16?/m1/s1. The molecule has 0 spiro atoms. The van der Waals surface area contributed by atoms with Gasteiger partial charge in [-0.3, -0.25) is 4.90 Å².